The van der Waals surface area contributed by atoms with Crippen LogP contribution >= 0.6 is 0 Å². The minimum absolute atomic E-state index is 0.392. The molecule has 98 valence electrons. The minimum atomic E-state index is -1.31. The molecule has 0 radical (unpaired) electrons. The first-order chi connectivity index (χ1) is 8.90. The second kappa shape index (κ2) is 5.08. The van der Waals surface area contributed by atoms with Crippen molar-refractivity contribution in [1.29, 1.82) is 5.26 Å². The van der Waals surface area contributed by atoms with E-state index in [1.807, 2.05) is 20.8 Å². The van der Waals surface area contributed by atoms with Gasteiger partial charge in [0.2, 0.25) is 0 Å². The van der Waals surface area contributed by atoms with E-state index in [1.54, 1.807) is 24.3 Å². The van der Waals surface area contributed by atoms with Crippen molar-refractivity contribution < 1.29 is 8.97 Å². The van der Waals surface area contributed by atoms with Crippen LogP contribution in [0.3, 0.4) is 0 Å². The minimum Gasteiger partial charge on any atom is -0.591 e. The van der Waals surface area contributed by atoms with Crippen LogP contribution in [0.1, 0.15) is 32.1 Å². The Kier molecular flexibility index (Phi) is 3.65. The van der Waals surface area contributed by atoms with Gasteiger partial charge in [0.25, 0.3) is 0 Å². The number of fused-ring (bicyclic) bond motifs is 1. The van der Waals surface area contributed by atoms with Crippen molar-refractivity contribution in [2.75, 3.05) is 0 Å². The highest BCUT2D eigenvalue weighted by Crippen LogP contribution is 2.21. The number of benzene rings is 1. The molecule has 0 bridgehead atoms. The summed E-state index contributed by atoms with van der Waals surface area (Å²) in [5, 5.41) is 9.66. The molecule has 1 atom stereocenters. The first kappa shape index (κ1) is 13.7. The number of nitrogens with zero attached hydrogens (tertiary/aromatic N) is 2. The van der Waals surface area contributed by atoms with Crippen LogP contribution in [-0.4, -0.2) is 15.5 Å². The van der Waals surface area contributed by atoms with Crippen molar-refractivity contribution in [1.82, 2.24) is 0 Å². The summed E-state index contributed by atoms with van der Waals surface area (Å²) in [7, 11) is 0. The van der Waals surface area contributed by atoms with E-state index in [4.69, 9.17) is 9.68 Å². The average Bonchev–Trinajstić information content (AvgIpc) is 2.76. The van der Waals surface area contributed by atoms with Crippen molar-refractivity contribution in [3.8, 4) is 6.07 Å². The number of hydrogen-bond donors (Lipinski definition) is 0. The van der Waals surface area contributed by atoms with Crippen molar-refractivity contribution in [2.24, 2.45) is 4.40 Å². The van der Waals surface area contributed by atoms with Crippen LogP contribution in [0.4, 0.5) is 0 Å². The molecule has 0 aliphatic rings. The van der Waals surface area contributed by atoms with Gasteiger partial charge in [0.1, 0.15) is 27.9 Å². The Morgan fingerprint density at radius 2 is 2.11 bits per heavy atom. The SMILES string of the molecule is CC(C)(C)[S@+]([O-])N=Cc1cc2cc(C#N)ccc2o1. The standard InChI is InChI=1S/C14H14N2O2S/c1-14(2,3)19(17)16-9-12-7-11-6-10(8-15)4-5-13(11)18-12/h4-7,9H,1-3H3/t19-/m0/s1. The van der Waals surface area contributed by atoms with Gasteiger partial charge in [-0.3, -0.25) is 0 Å². The summed E-state index contributed by atoms with van der Waals surface area (Å²) in [6.45, 7) is 5.58. The topological polar surface area (TPSA) is 72.3 Å². The highest BCUT2D eigenvalue weighted by atomic mass is 32.2. The van der Waals surface area contributed by atoms with Gasteiger partial charge in [-0.1, -0.05) is 4.40 Å². The highest BCUT2D eigenvalue weighted by Gasteiger charge is 2.25. The Bertz CT molecular complexity index is 662. The van der Waals surface area contributed by atoms with Crippen LogP contribution in [-0.2, 0) is 11.4 Å². The van der Waals surface area contributed by atoms with Crippen LogP contribution in [0.5, 0.6) is 0 Å². The predicted molar refractivity (Wildman–Crippen MR) is 76.4 cm³/mol. The largest absolute Gasteiger partial charge is 0.591 e. The molecular weight excluding hydrogens is 260 g/mol. The van der Waals surface area contributed by atoms with Gasteiger partial charge >= 0.3 is 0 Å². The molecule has 0 spiro atoms. The first-order valence-corrected chi connectivity index (χ1v) is 6.90. The molecule has 19 heavy (non-hydrogen) atoms. The van der Waals surface area contributed by atoms with Gasteiger partial charge in [-0.2, -0.15) is 5.26 Å². The van der Waals surface area contributed by atoms with Gasteiger partial charge in [-0.05, 0) is 45.0 Å². The first-order valence-electron chi connectivity index (χ1n) is 5.80. The molecular formula is C14H14N2O2S. The van der Waals surface area contributed by atoms with E-state index < -0.39 is 16.1 Å². The normalized spacial score (nSPS) is 13.8. The maximum Gasteiger partial charge on any atom is 0.150 e. The summed E-state index contributed by atoms with van der Waals surface area (Å²) < 4.78 is 20.9. The van der Waals surface area contributed by atoms with Gasteiger partial charge in [0.15, 0.2) is 5.76 Å². The summed E-state index contributed by atoms with van der Waals surface area (Å²) >= 11 is -1.31. The van der Waals surface area contributed by atoms with Crippen LogP contribution in [0.25, 0.3) is 11.0 Å². The van der Waals surface area contributed by atoms with E-state index in [-0.39, 0.29) is 0 Å². The molecule has 1 aromatic heterocycles. The highest BCUT2D eigenvalue weighted by molar-refractivity contribution is 7.91. The zero-order chi connectivity index (χ0) is 14.0. The lowest BCUT2D eigenvalue weighted by molar-refractivity contribution is 0.561. The molecule has 0 saturated heterocycles. The summed E-state index contributed by atoms with van der Waals surface area (Å²) in [6, 6.07) is 9.04. The predicted octanol–water partition coefficient (Wildman–Crippen LogP) is 3.19. The summed E-state index contributed by atoms with van der Waals surface area (Å²) in [6.07, 6.45) is 1.47. The Balaban J connectivity index is 2.27. The summed E-state index contributed by atoms with van der Waals surface area (Å²) in [5.41, 5.74) is 1.26. The van der Waals surface area contributed by atoms with Crippen molar-refractivity contribution >= 4 is 28.5 Å². The molecule has 4 nitrogen and oxygen atoms in total. The average molecular weight is 274 g/mol. The molecule has 5 heteroatoms. The van der Waals surface area contributed by atoms with E-state index in [9.17, 15) is 4.55 Å². The quantitative estimate of drug-likeness (QED) is 0.623. The zero-order valence-corrected chi connectivity index (χ0v) is 11.8. The van der Waals surface area contributed by atoms with E-state index >= 15 is 0 Å². The lowest BCUT2D eigenvalue weighted by atomic mass is 10.2. The molecule has 1 heterocycles. The fraction of sp³-hybridized carbons (Fsp3) is 0.286. The fourth-order valence-corrected chi connectivity index (χ4v) is 1.97. The van der Waals surface area contributed by atoms with Crippen LogP contribution in [0, 0.1) is 11.3 Å². The molecule has 2 aromatic rings. The van der Waals surface area contributed by atoms with E-state index in [1.165, 1.54) is 6.21 Å². The number of nitriles is 1. The third kappa shape index (κ3) is 3.16. The Morgan fingerprint density at radius 1 is 1.37 bits per heavy atom. The Hall–Kier alpha value is -1.77. The second-order valence-electron chi connectivity index (χ2n) is 5.11. The van der Waals surface area contributed by atoms with Crippen LogP contribution in [0.15, 0.2) is 33.1 Å². The number of rotatable bonds is 2. The van der Waals surface area contributed by atoms with Gasteiger partial charge in [-0.15, -0.1) is 0 Å². The van der Waals surface area contributed by atoms with E-state index in [2.05, 4.69) is 10.5 Å². The Morgan fingerprint density at radius 3 is 2.74 bits per heavy atom. The third-order valence-electron chi connectivity index (χ3n) is 2.46. The fourth-order valence-electron chi connectivity index (χ4n) is 1.45. The van der Waals surface area contributed by atoms with E-state index in [0.29, 0.717) is 16.9 Å². The number of furan rings is 1. The maximum atomic E-state index is 11.8. The molecule has 0 aliphatic carbocycles. The zero-order valence-electron chi connectivity index (χ0n) is 11.0. The molecule has 0 aliphatic heterocycles. The second-order valence-corrected chi connectivity index (χ2v) is 7.04. The molecule has 0 amide bonds. The Labute approximate surface area is 115 Å². The van der Waals surface area contributed by atoms with Crippen molar-refractivity contribution in [3.63, 3.8) is 0 Å². The summed E-state index contributed by atoms with van der Waals surface area (Å²) in [5.74, 6) is 0.530. The van der Waals surface area contributed by atoms with Gasteiger partial charge < -0.3 is 8.97 Å². The molecule has 1 aromatic carbocycles. The molecule has 0 unspecified atom stereocenters. The van der Waals surface area contributed by atoms with Crippen LogP contribution < -0.4 is 0 Å². The molecule has 0 saturated carbocycles. The monoisotopic (exact) mass is 274 g/mol. The van der Waals surface area contributed by atoms with Crippen molar-refractivity contribution in [2.45, 2.75) is 25.5 Å². The van der Waals surface area contributed by atoms with Gasteiger partial charge in [0, 0.05) is 5.39 Å². The lowest BCUT2D eigenvalue weighted by Crippen LogP contribution is -2.25. The van der Waals surface area contributed by atoms with Gasteiger partial charge in [0.05, 0.1) is 11.6 Å². The third-order valence-corrected chi connectivity index (χ3v) is 3.81. The lowest BCUT2D eigenvalue weighted by Gasteiger charge is -2.17. The van der Waals surface area contributed by atoms with Gasteiger partial charge in [-0.25, -0.2) is 0 Å². The summed E-state index contributed by atoms with van der Waals surface area (Å²) in [4.78, 5) is 0. The maximum absolute atomic E-state index is 11.8. The molecule has 2 rings (SSSR count). The van der Waals surface area contributed by atoms with Crippen LogP contribution in [0.2, 0.25) is 0 Å². The number of hydrogen-bond acceptors (Lipinski definition) is 4. The van der Waals surface area contributed by atoms with Crippen molar-refractivity contribution in [3.05, 3.63) is 35.6 Å². The molecule has 0 fully saturated rings. The van der Waals surface area contributed by atoms with E-state index in [0.717, 1.165) is 5.39 Å². The smallest absolute Gasteiger partial charge is 0.150 e. The molecule has 0 N–H and O–H groups in total.